The summed E-state index contributed by atoms with van der Waals surface area (Å²) in [6, 6.07) is 14.9. The first-order chi connectivity index (χ1) is 31.3. The zero-order valence-electron chi connectivity index (χ0n) is 37.3. The van der Waals surface area contributed by atoms with Crippen LogP contribution in [0.3, 0.4) is 0 Å². The van der Waals surface area contributed by atoms with Crippen LogP contribution in [0.25, 0.3) is 0 Å². The van der Waals surface area contributed by atoms with Crippen molar-refractivity contribution in [3.8, 4) is 0 Å². The van der Waals surface area contributed by atoms with E-state index >= 15 is 0 Å². The quantitative estimate of drug-likeness (QED) is 0.0194. The minimum atomic E-state index is -0.976. The van der Waals surface area contributed by atoms with Crippen LogP contribution >= 0.6 is 11.8 Å². The highest BCUT2D eigenvalue weighted by Gasteiger charge is 2.24. The lowest BCUT2D eigenvalue weighted by atomic mass is 10.0. The number of hydrogen-bond donors (Lipinski definition) is 4. The number of anilines is 4. The van der Waals surface area contributed by atoms with Gasteiger partial charge >= 0.3 is 12.2 Å². The van der Waals surface area contributed by atoms with Crippen molar-refractivity contribution < 1.29 is 61.9 Å². The van der Waals surface area contributed by atoms with E-state index in [2.05, 4.69) is 31.3 Å². The number of ether oxygens (including phenoxy) is 7. The van der Waals surface area contributed by atoms with Gasteiger partial charge in [-0.15, -0.1) is 0 Å². The molecule has 1 saturated heterocycles. The standard InChI is InChI=1S/C45H56N6O13S/c1-28-7-9-34(18-38(28)46-26-52)48-43(55)40(58-5)24-61-22-32(13-15-60-21-31(4)64-45(57)50-35-10-8-29(2)39(19-35)47-27-53)14-16-62-42(59-6)20-41(54)51-37-12-11-33(17-30(37)3)49-44(56)63-23-36-25-65-36/h7-12,17-19,31-32,36,40,42H,13-16,20-25H2,1-6H3,(H,48,55)(H,49,56)(H,50,57)(H,51,54). The number of aryl methyl sites for hydroxylation is 3. The second kappa shape index (κ2) is 27.4. The summed E-state index contributed by atoms with van der Waals surface area (Å²) in [6.45, 7) is 8.01. The smallest absolute Gasteiger partial charge is 0.411 e. The minimum absolute atomic E-state index is 0.0860. The fourth-order valence-electron chi connectivity index (χ4n) is 6.00. The van der Waals surface area contributed by atoms with Crippen molar-refractivity contribution in [1.82, 2.24) is 0 Å². The molecule has 1 aliphatic rings. The molecular formula is C45H56N6O13S. The second-order valence-electron chi connectivity index (χ2n) is 15.0. The minimum Gasteiger partial charge on any atom is -0.448 e. The Labute approximate surface area is 381 Å². The lowest BCUT2D eigenvalue weighted by Crippen LogP contribution is -2.34. The molecule has 0 saturated carbocycles. The van der Waals surface area contributed by atoms with E-state index in [1.807, 2.05) is 0 Å². The van der Waals surface area contributed by atoms with Crippen LogP contribution in [-0.4, -0.2) is 120 Å². The molecule has 3 aromatic carbocycles. The summed E-state index contributed by atoms with van der Waals surface area (Å²) in [5.74, 6) is 0.0100. The maximum Gasteiger partial charge on any atom is 0.411 e. The van der Waals surface area contributed by atoms with E-state index in [4.69, 9.17) is 33.2 Å². The Bertz CT molecular complexity index is 2180. The summed E-state index contributed by atoms with van der Waals surface area (Å²) in [4.78, 5) is 79.6. The highest BCUT2D eigenvalue weighted by atomic mass is 32.2. The van der Waals surface area contributed by atoms with Crippen LogP contribution in [0.5, 0.6) is 0 Å². The molecule has 0 spiro atoms. The van der Waals surface area contributed by atoms with Crippen LogP contribution in [0.1, 0.15) is 42.9 Å². The highest BCUT2D eigenvalue weighted by molar-refractivity contribution is 8.06. The number of isocyanates is 2. The Hall–Kier alpha value is -5.95. The molecule has 0 aromatic heterocycles. The van der Waals surface area contributed by atoms with E-state index < -0.39 is 36.6 Å². The van der Waals surface area contributed by atoms with Crippen molar-refractivity contribution in [1.29, 1.82) is 0 Å². The Morgan fingerprint density at radius 3 is 1.97 bits per heavy atom. The van der Waals surface area contributed by atoms with Crippen LogP contribution in [0.4, 0.5) is 43.7 Å². The van der Waals surface area contributed by atoms with Crippen molar-refractivity contribution in [2.75, 3.05) is 80.9 Å². The van der Waals surface area contributed by atoms with Gasteiger partial charge < -0.3 is 43.8 Å². The number of aliphatic imine (C=N–C) groups is 2. The Morgan fingerprint density at radius 1 is 0.738 bits per heavy atom. The van der Waals surface area contributed by atoms with Crippen molar-refractivity contribution in [2.24, 2.45) is 15.9 Å². The van der Waals surface area contributed by atoms with E-state index in [9.17, 15) is 28.8 Å². The summed E-state index contributed by atoms with van der Waals surface area (Å²) in [7, 11) is 2.82. The Balaban J connectivity index is 1.28. The molecule has 4 rings (SSSR count). The SMILES string of the molecule is COC(CC(=O)Nc1ccc(NC(=O)OCC2CS2)cc1C)OCCC(CCOCC(C)OC(=O)Nc1ccc(C)c(N=C=O)c1)COCC(OC)C(=O)Nc1ccc(C)c(N=C=O)c1. The van der Waals surface area contributed by atoms with E-state index in [1.165, 1.54) is 32.4 Å². The lowest BCUT2D eigenvalue weighted by Gasteiger charge is -2.22. The number of benzene rings is 3. The zero-order valence-corrected chi connectivity index (χ0v) is 38.1. The molecule has 4 amide bonds. The number of methoxy groups -OCH3 is 2. The third-order valence-corrected chi connectivity index (χ3v) is 10.7. The van der Waals surface area contributed by atoms with Gasteiger partial charge in [0, 0.05) is 61.2 Å². The largest absolute Gasteiger partial charge is 0.448 e. The number of carbonyl (C=O) groups is 4. The lowest BCUT2D eigenvalue weighted by molar-refractivity contribution is -0.145. The number of nitrogens with one attached hydrogen (secondary N) is 4. The van der Waals surface area contributed by atoms with E-state index in [-0.39, 0.29) is 51.3 Å². The maximum absolute atomic E-state index is 13.1. The van der Waals surface area contributed by atoms with Crippen LogP contribution in [0, 0.1) is 26.7 Å². The van der Waals surface area contributed by atoms with E-state index in [1.54, 1.807) is 88.0 Å². The molecule has 0 bridgehead atoms. The molecule has 0 radical (unpaired) electrons. The first-order valence-electron chi connectivity index (χ1n) is 20.7. The third kappa shape index (κ3) is 19.0. The normalized spacial score (nSPS) is 14.6. The van der Waals surface area contributed by atoms with Crippen LogP contribution in [-0.2, 0) is 52.3 Å². The fourth-order valence-corrected chi connectivity index (χ4v) is 6.40. The molecular weight excluding hydrogens is 865 g/mol. The van der Waals surface area contributed by atoms with Gasteiger partial charge in [0.1, 0.15) is 12.7 Å². The summed E-state index contributed by atoms with van der Waals surface area (Å²) >= 11 is 1.73. The molecule has 1 aliphatic heterocycles. The topological polar surface area (TPSA) is 240 Å². The number of carbonyl (C=O) groups excluding carboxylic acids is 6. The van der Waals surface area contributed by atoms with Gasteiger partial charge in [0.05, 0.1) is 37.6 Å². The number of amides is 4. The van der Waals surface area contributed by atoms with E-state index in [0.29, 0.717) is 58.8 Å². The van der Waals surface area contributed by atoms with Crippen molar-refractivity contribution in [2.45, 2.75) is 70.7 Å². The zero-order chi connectivity index (χ0) is 47.1. The number of hydrogen-bond acceptors (Lipinski definition) is 16. The van der Waals surface area contributed by atoms with Gasteiger partial charge in [0.25, 0.3) is 5.91 Å². The van der Waals surface area contributed by atoms with Crippen molar-refractivity contribution in [3.63, 3.8) is 0 Å². The number of thioether (sulfide) groups is 1. The maximum atomic E-state index is 13.1. The first-order valence-corrected chi connectivity index (χ1v) is 21.8. The van der Waals surface area contributed by atoms with Crippen LogP contribution < -0.4 is 21.3 Å². The monoisotopic (exact) mass is 920 g/mol. The fraction of sp³-hybridized carbons (Fsp3) is 0.467. The summed E-state index contributed by atoms with van der Waals surface area (Å²) in [5.41, 5.74) is 4.84. The third-order valence-electron chi connectivity index (χ3n) is 9.79. The average Bonchev–Trinajstić information content (AvgIpc) is 4.11. The van der Waals surface area contributed by atoms with Gasteiger partial charge in [-0.1, -0.05) is 12.1 Å². The van der Waals surface area contributed by atoms with Gasteiger partial charge in [-0.2, -0.15) is 21.7 Å². The molecule has 4 N–H and O–H groups in total. The van der Waals surface area contributed by atoms with Crippen molar-refractivity contribution in [3.05, 3.63) is 71.3 Å². The van der Waals surface area contributed by atoms with Crippen LogP contribution in [0.2, 0.25) is 0 Å². The predicted octanol–water partition coefficient (Wildman–Crippen LogP) is 7.25. The van der Waals surface area contributed by atoms with E-state index in [0.717, 1.165) is 22.4 Å². The molecule has 1 fully saturated rings. The van der Waals surface area contributed by atoms with Gasteiger partial charge in [0.2, 0.25) is 18.1 Å². The molecule has 20 heteroatoms. The second-order valence-corrected chi connectivity index (χ2v) is 16.3. The molecule has 3 aromatic rings. The van der Waals surface area contributed by atoms with Crippen LogP contribution in [0.15, 0.2) is 64.6 Å². The number of nitrogens with zero attached hydrogens (tertiary/aromatic N) is 2. The molecule has 65 heavy (non-hydrogen) atoms. The molecule has 0 aliphatic carbocycles. The molecule has 5 unspecified atom stereocenters. The van der Waals surface area contributed by atoms with Gasteiger partial charge in [-0.3, -0.25) is 20.2 Å². The summed E-state index contributed by atoms with van der Waals surface area (Å²) in [5, 5.41) is 11.3. The predicted molar refractivity (Wildman–Crippen MR) is 244 cm³/mol. The summed E-state index contributed by atoms with van der Waals surface area (Å²) < 4.78 is 39.4. The molecule has 19 nitrogen and oxygen atoms in total. The summed E-state index contributed by atoms with van der Waals surface area (Å²) in [6.07, 6.45) is 0.107. The molecule has 350 valence electrons. The average molecular weight is 921 g/mol. The Kier molecular flexibility index (Phi) is 21.8. The van der Waals surface area contributed by atoms with Gasteiger partial charge in [-0.05, 0) is 106 Å². The first kappa shape index (κ1) is 51.7. The van der Waals surface area contributed by atoms with Crippen molar-refractivity contribution >= 4 is 82.0 Å². The Morgan fingerprint density at radius 2 is 1.35 bits per heavy atom. The van der Waals surface area contributed by atoms with Gasteiger partial charge in [0.15, 0.2) is 12.4 Å². The highest BCUT2D eigenvalue weighted by Crippen LogP contribution is 2.30. The molecule has 1 heterocycles. The molecule has 5 atom stereocenters. The van der Waals surface area contributed by atoms with Gasteiger partial charge in [-0.25, -0.2) is 19.2 Å². The number of rotatable bonds is 27.